The van der Waals surface area contributed by atoms with Gasteiger partial charge in [-0.25, -0.2) is 21.6 Å². The maximum atomic E-state index is 14.2. The highest BCUT2D eigenvalue weighted by Gasteiger charge is 2.48. The Balaban J connectivity index is 1.13. The Bertz CT molecular complexity index is 2320. The van der Waals surface area contributed by atoms with Gasteiger partial charge in [0.1, 0.15) is 4.90 Å². The van der Waals surface area contributed by atoms with E-state index in [0.717, 1.165) is 113 Å². The van der Waals surface area contributed by atoms with Crippen molar-refractivity contribution < 1.29 is 34.8 Å². The Morgan fingerprint density at radius 3 is 2.27 bits per heavy atom. The molecule has 0 aromatic heterocycles. The van der Waals surface area contributed by atoms with Crippen molar-refractivity contribution in [2.75, 3.05) is 87.3 Å². The van der Waals surface area contributed by atoms with Crippen molar-refractivity contribution in [1.82, 2.24) is 19.8 Å². The molecule has 0 spiro atoms. The van der Waals surface area contributed by atoms with Gasteiger partial charge in [-0.2, -0.15) is 13.2 Å². The third-order valence-electron chi connectivity index (χ3n) is 11.9. The Kier molecular flexibility index (Phi) is 16.4. The first-order valence-electron chi connectivity index (χ1n) is 21.3. The molecule has 344 valence electrons. The number of sulfone groups is 1. The molecule has 3 aromatic rings. The van der Waals surface area contributed by atoms with Gasteiger partial charge in [0.05, 0.1) is 10.6 Å². The van der Waals surface area contributed by atoms with E-state index in [1.165, 1.54) is 35.0 Å². The van der Waals surface area contributed by atoms with E-state index in [4.69, 9.17) is 11.6 Å². The average molecular weight is 952 g/mol. The van der Waals surface area contributed by atoms with E-state index in [1.807, 2.05) is 35.1 Å². The number of alkyl halides is 4. The molecule has 0 radical (unpaired) electrons. The molecule has 0 saturated carbocycles. The lowest BCUT2D eigenvalue weighted by molar-refractivity contribution is -0.0435. The fourth-order valence-electron chi connectivity index (χ4n) is 8.18. The summed E-state index contributed by atoms with van der Waals surface area (Å²) >= 11 is 7.53. The molecule has 3 aliphatic rings. The first-order chi connectivity index (χ1) is 29.8. The van der Waals surface area contributed by atoms with Crippen molar-refractivity contribution in [2.24, 2.45) is 5.41 Å². The molecule has 0 bridgehead atoms. The third-order valence-corrected chi connectivity index (χ3v) is 16.2. The van der Waals surface area contributed by atoms with E-state index >= 15 is 0 Å². The van der Waals surface area contributed by atoms with Crippen LogP contribution in [-0.4, -0.2) is 121 Å². The van der Waals surface area contributed by atoms with E-state index in [0.29, 0.717) is 30.7 Å². The van der Waals surface area contributed by atoms with E-state index in [1.54, 1.807) is 12.1 Å². The maximum absolute atomic E-state index is 14.2. The lowest BCUT2D eigenvalue weighted by Crippen LogP contribution is -2.47. The van der Waals surface area contributed by atoms with E-state index in [-0.39, 0.29) is 16.7 Å². The van der Waals surface area contributed by atoms with Crippen LogP contribution in [0.4, 0.5) is 24.5 Å². The van der Waals surface area contributed by atoms with E-state index in [2.05, 4.69) is 45.8 Å². The summed E-state index contributed by atoms with van der Waals surface area (Å²) in [5.41, 5.74) is -1.11. The average Bonchev–Trinajstić information content (AvgIpc) is 3.25. The predicted molar refractivity (Wildman–Crippen MR) is 247 cm³/mol. The normalized spacial score (nSPS) is 18.5. The largest absolute Gasteiger partial charge is 0.501 e. The van der Waals surface area contributed by atoms with Crippen LogP contribution in [0.3, 0.4) is 0 Å². The SMILES string of the molecule is C=C(CCCl)C1=C(CN2CCN(c3ccc(C(=O)NS(=O)(=O)c4ccc(N[C@H](CCN5CCNCC5)CSc5ccccc5)c(S(=O)(=O)C(F)(F)F)c4)cc3)CC2)CCC(C)(C)C1. The number of halogens is 4. The third kappa shape index (κ3) is 13.0. The lowest BCUT2D eigenvalue weighted by Gasteiger charge is -2.39. The Morgan fingerprint density at radius 2 is 1.62 bits per heavy atom. The fraction of sp³-hybridized carbons (Fsp3) is 0.489. The minimum absolute atomic E-state index is 0.00231. The molecule has 2 heterocycles. The number of sulfonamides is 1. The zero-order valence-electron chi connectivity index (χ0n) is 35.9. The van der Waals surface area contributed by atoms with Gasteiger partial charge in [0.25, 0.3) is 25.8 Å². The van der Waals surface area contributed by atoms with Crippen LogP contribution < -0.4 is 20.3 Å². The van der Waals surface area contributed by atoms with Crippen molar-refractivity contribution in [3.63, 3.8) is 0 Å². The molecule has 0 unspecified atom stereocenters. The highest BCUT2D eigenvalue weighted by atomic mass is 35.5. The van der Waals surface area contributed by atoms with Crippen LogP contribution in [0.15, 0.2) is 111 Å². The van der Waals surface area contributed by atoms with Gasteiger partial charge in [-0.3, -0.25) is 9.69 Å². The molecule has 3 N–H and O–H groups in total. The van der Waals surface area contributed by atoms with Crippen LogP contribution in [-0.2, 0) is 19.9 Å². The number of nitrogens with one attached hydrogen (secondary N) is 3. The van der Waals surface area contributed by atoms with Gasteiger partial charge in [-0.05, 0) is 97.7 Å². The summed E-state index contributed by atoms with van der Waals surface area (Å²) in [6.07, 6.45) is 4.40. The predicted octanol–water partition coefficient (Wildman–Crippen LogP) is 7.78. The molecule has 6 rings (SSSR count). The van der Waals surface area contributed by atoms with Gasteiger partial charge >= 0.3 is 5.51 Å². The van der Waals surface area contributed by atoms with Gasteiger partial charge in [0, 0.05) is 99.3 Å². The summed E-state index contributed by atoms with van der Waals surface area (Å²) in [4.78, 5) is 19.0. The van der Waals surface area contributed by atoms with Crippen molar-refractivity contribution >= 4 is 60.5 Å². The molecule has 3 aromatic carbocycles. The topological polar surface area (TPSA) is 131 Å². The molecule has 2 fully saturated rings. The van der Waals surface area contributed by atoms with Gasteiger partial charge in [-0.1, -0.05) is 49.8 Å². The van der Waals surface area contributed by atoms with Crippen LogP contribution in [0.1, 0.15) is 56.3 Å². The summed E-state index contributed by atoms with van der Waals surface area (Å²) in [7, 11) is -10.9. The zero-order valence-corrected chi connectivity index (χ0v) is 39.1. The monoisotopic (exact) mass is 950 g/mol. The zero-order chi connectivity index (χ0) is 45.4. The Hall–Kier alpha value is -3.58. The van der Waals surface area contributed by atoms with Gasteiger partial charge in [-0.15, -0.1) is 23.4 Å². The number of benzene rings is 3. The van der Waals surface area contributed by atoms with Crippen molar-refractivity contribution in [1.29, 1.82) is 0 Å². The number of nitrogens with zero attached hydrogens (tertiary/aromatic N) is 3. The molecule has 2 aliphatic heterocycles. The van der Waals surface area contributed by atoms with E-state index in [9.17, 15) is 34.8 Å². The van der Waals surface area contributed by atoms with Crippen molar-refractivity contribution in [3.05, 3.63) is 102 Å². The standard InChI is InChI=1S/C45H58ClF3N6O5S3/c1-33(16-19-46)40-30-44(2,3)18-15-35(40)31-54-25-27-55(28-26-54)37-11-9-34(10-12-37)43(56)52-63(59,60)39-13-14-41(42(29-39)62(57,58)45(47,48)49)51-36(17-22-53-23-20-50-21-24-53)32-61-38-7-5-4-6-8-38/h4-14,29,36,50-51H,1,15-28,30-32H2,2-3H3,(H,52,56)/t36-/m1/s1. The van der Waals surface area contributed by atoms with Crippen molar-refractivity contribution in [2.45, 2.75) is 72.2 Å². The second-order valence-electron chi connectivity index (χ2n) is 17.2. The van der Waals surface area contributed by atoms with E-state index < -0.39 is 47.1 Å². The second kappa shape index (κ2) is 21.2. The minimum Gasteiger partial charge on any atom is -0.380 e. The molecule has 2 saturated heterocycles. The first kappa shape index (κ1) is 48.9. The maximum Gasteiger partial charge on any atom is 0.501 e. The van der Waals surface area contributed by atoms with Crippen LogP contribution >= 0.6 is 23.4 Å². The lowest BCUT2D eigenvalue weighted by atomic mass is 9.72. The summed E-state index contributed by atoms with van der Waals surface area (Å²) < 4.78 is 97.6. The van der Waals surface area contributed by atoms with Crippen LogP contribution in [0.5, 0.6) is 0 Å². The summed E-state index contributed by atoms with van der Waals surface area (Å²) in [6, 6.07) is 17.8. The molecular weight excluding hydrogens is 893 g/mol. The molecule has 1 aliphatic carbocycles. The number of anilines is 2. The van der Waals surface area contributed by atoms with Crippen LogP contribution in [0.2, 0.25) is 0 Å². The highest BCUT2D eigenvalue weighted by molar-refractivity contribution is 7.99. The van der Waals surface area contributed by atoms with Gasteiger partial charge < -0.3 is 20.4 Å². The fourth-order valence-corrected chi connectivity index (χ4v) is 11.4. The number of carbonyl (C=O) groups is 1. The smallest absolute Gasteiger partial charge is 0.380 e. The Morgan fingerprint density at radius 1 is 0.937 bits per heavy atom. The van der Waals surface area contributed by atoms with Gasteiger partial charge in [0.15, 0.2) is 0 Å². The summed E-state index contributed by atoms with van der Waals surface area (Å²) in [5.74, 6) is -0.0869. The highest BCUT2D eigenvalue weighted by Crippen LogP contribution is 2.42. The molecular formula is C45H58ClF3N6O5S3. The number of amides is 1. The number of thioether (sulfide) groups is 1. The molecule has 18 heteroatoms. The number of hydrogen-bond acceptors (Lipinski definition) is 11. The summed E-state index contributed by atoms with van der Waals surface area (Å²) in [5, 5.41) is 6.29. The number of hydrogen-bond donors (Lipinski definition) is 3. The molecule has 11 nitrogen and oxygen atoms in total. The molecule has 63 heavy (non-hydrogen) atoms. The number of carbonyl (C=O) groups excluding carboxylic acids is 1. The van der Waals surface area contributed by atoms with Crippen molar-refractivity contribution in [3.8, 4) is 0 Å². The quantitative estimate of drug-likeness (QED) is 0.0854. The number of rotatable bonds is 18. The first-order valence-corrected chi connectivity index (χ1v) is 25.8. The van der Waals surface area contributed by atoms with Crippen LogP contribution in [0, 0.1) is 5.41 Å². The Labute approximate surface area is 379 Å². The molecule has 1 atom stereocenters. The van der Waals surface area contributed by atoms with Crippen LogP contribution in [0.25, 0.3) is 0 Å². The minimum atomic E-state index is -6.04. The second-order valence-corrected chi connectivity index (χ2v) is 22.2. The summed E-state index contributed by atoms with van der Waals surface area (Å²) in [6.45, 7) is 16.7. The number of piperazine rings is 2. The molecule has 1 amide bonds. The van der Waals surface area contributed by atoms with Gasteiger partial charge in [0.2, 0.25) is 0 Å². The number of allylic oxidation sites excluding steroid dienone is 2.